The Balaban J connectivity index is 2.42. The topological polar surface area (TPSA) is 40.5 Å². The normalized spacial score (nSPS) is 24.8. The number of hydrogen-bond acceptors (Lipinski definition) is 2. The fourth-order valence-corrected chi connectivity index (χ4v) is 2.02. The predicted octanol–water partition coefficient (Wildman–Crippen LogP) is 1.41. The third-order valence-electron chi connectivity index (χ3n) is 2.85. The molecule has 1 aliphatic heterocycles. The van der Waals surface area contributed by atoms with Gasteiger partial charge in [-0.3, -0.25) is 4.79 Å². The number of carbonyl (C=O) groups is 1. The molecule has 0 aromatic rings. The molecule has 0 saturated carbocycles. The van der Waals surface area contributed by atoms with Gasteiger partial charge in [-0.2, -0.15) is 0 Å². The van der Waals surface area contributed by atoms with Crippen LogP contribution < -0.4 is 0 Å². The highest BCUT2D eigenvalue weighted by Gasteiger charge is 2.24. The van der Waals surface area contributed by atoms with Gasteiger partial charge in [-0.1, -0.05) is 20.3 Å². The van der Waals surface area contributed by atoms with E-state index in [1.807, 2.05) is 11.8 Å². The van der Waals surface area contributed by atoms with E-state index >= 15 is 0 Å². The minimum absolute atomic E-state index is 0.116. The fourth-order valence-electron chi connectivity index (χ4n) is 2.02. The highest BCUT2D eigenvalue weighted by Crippen LogP contribution is 2.15. The van der Waals surface area contributed by atoms with Crippen LogP contribution in [0.25, 0.3) is 0 Å². The second kappa shape index (κ2) is 5.35. The summed E-state index contributed by atoms with van der Waals surface area (Å²) in [6.07, 6.45) is 3.47. The highest BCUT2D eigenvalue weighted by molar-refractivity contribution is 5.78. The first-order valence-electron chi connectivity index (χ1n) is 5.62. The van der Waals surface area contributed by atoms with Gasteiger partial charge >= 0.3 is 0 Å². The Morgan fingerprint density at radius 2 is 2.36 bits per heavy atom. The van der Waals surface area contributed by atoms with Crippen molar-refractivity contribution in [2.24, 2.45) is 5.92 Å². The molecule has 14 heavy (non-hydrogen) atoms. The van der Waals surface area contributed by atoms with Gasteiger partial charge in [0, 0.05) is 19.0 Å². The van der Waals surface area contributed by atoms with Crippen LogP contribution in [0.15, 0.2) is 0 Å². The zero-order chi connectivity index (χ0) is 10.6. The van der Waals surface area contributed by atoms with Gasteiger partial charge in [-0.25, -0.2) is 0 Å². The summed E-state index contributed by atoms with van der Waals surface area (Å²) in [6.45, 7) is 5.43. The van der Waals surface area contributed by atoms with Crippen LogP contribution in [-0.4, -0.2) is 35.1 Å². The van der Waals surface area contributed by atoms with Crippen LogP contribution in [0.4, 0.5) is 0 Å². The summed E-state index contributed by atoms with van der Waals surface area (Å²) in [7, 11) is 0. The molecule has 0 radical (unpaired) electrons. The Bertz CT molecular complexity index is 194. The Kier molecular flexibility index (Phi) is 4.39. The lowest BCUT2D eigenvalue weighted by Crippen LogP contribution is -2.44. The molecule has 0 aromatic heterocycles. The fraction of sp³-hybridized carbons (Fsp3) is 0.909. The predicted molar refractivity (Wildman–Crippen MR) is 55.9 cm³/mol. The molecule has 3 heteroatoms. The molecule has 1 amide bonds. The van der Waals surface area contributed by atoms with E-state index in [4.69, 9.17) is 0 Å². The Morgan fingerprint density at radius 3 is 2.93 bits per heavy atom. The minimum atomic E-state index is -0.304. The van der Waals surface area contributed by atoms with Crippen molar-refractivity contribution >= 4 is 5.91 Å². The van der Waals surface area contributed by atoms with Crippen LogP contribution in [0.2, 0.25) is 0 Å². The third-order valence-corrected chi connectivity index (χ3v) is 2.85. The highest BCUT2D eigenvalue weighted by atomic mass is 16.3. The zero-order valence-corrected chi connectivity index (χ0v) is 9.20. The van der Waals surface area contributed by atoms with Crippen molar-refractivity contribution in [2.75, 3.05) is 13.1 Å². The number of piperidine rings is 1. The Hall–Kier alpha value is -0.570. The molecular weight excluding hydrogens is 178 g/mol. The summed E-state index contributed by atoms with van der Waals surface area (Å²) in [6, 6.07) is 0. The first-order valence-corrected chi connectivity index (χ1v) is 5.62. The molecular formula is C11H21NO2. The number of rotatable bonds is 3. The molecule has 0 spiro atoms. The zero-order valence-electron chi connectivity index (χ0n) is 9.20. The maximum Gasteiger partial charge on any atom is 0.225 e. The number of aliphatic hydroxyl groups is 1. The molecule has 1 heterocycles. The SMILES string of the molecule is CCCC(C)C(=O)N1CCC[C@H](O)C1. The van der Waals surface area contributed by atoms with Gasteiger partial charge in [0.25, 0.3) is 0 Å². The summed E-state index contributed by atoms with van der Waals surface area (Å²) in [4.78, 5) is 13.7. The van der Waals surface area contributed by atoms with Crippen LogP contribution in [0, 0.1) is 5.92 Å². The van der Waals surface area contributed by atoms with Crippen molar-refractivity contribution in [1.82, 2.24) is 4.90 Å². The summed E-state index contributed by atoms with van der Waals surface area (Å²) in [5.74, 6) is 0.330. The number of aliphatic hydroxyl groups excluding tert-OH is 1. The van der Waals surface area contributed by atoms with E-state index in [1.165, 1.54) is 0 Å². The lowest BCUT2D eigenvalue weighted by Gasteiger charge is -2.32. The monoisotopic (exact) mass is 199 g/mol. The van der Waals surface area contributed by atoms with Gasteiger partial charge < -0.3 is 10.0 Å². The van der Waals surface area contributed by atoms with Crippen LogP contribution in [0.1, 0.15) is 39.5 Å². The molecule has 1 aliphatic rings. The molecule has 1 saturated heterocycles. The molecule has 1 rings (SSSR count). The average molecular weight is 199 g/mol. The largest absolute Gasteiger partial charge is 0.391 e. The molecule has 82 valence electrons. The number of likely N-dealkylation sites (tertiary alicyclic amines) is 1. The number of amides is 1. The second-order valence-electron chi connectivity index (χ2n) is 4.27. The van der Waals surface area contributed by atoms with Gasteiger partial charge in [-0.15, -0.1) is 0 Å². The first kappa shape index (κ1) is 11.5. The maximum atomic E-state index is 11.8. The molecule has 3 nitrogen and oxygen atoms in total. The molecule has 1 fully saturated rings. The van der Waals surface area contributed by atoms with E-state index in [0.29, 0.717) is 6.54 Å². The average Bonchev–Trinajstić information content (AvgIpc) is 2.17. The molecule has 0 aliphatic carbocycles. The summed E-state index contributed by atoms with van der Waals surface area (Å²) in [5.41, 5.74) is 0. The van der Waals surface area contributed by atoms with E-state index in [2.05, 4.69) is 6.92 Å². The standard InChI is InChI=1S/C11H21NO2/c1-3-5-9(2)11(14)12-7-4-6-10(13)8-12/h9-10,13H,3-8H2,1-2H3/t9?,10-/m0/s1. The van der Waals surface area contributed by atoms with Crippen molar-refractivity contribution in [2.45, 2.75) is 45.6 Å². The lowest BCUT2D eigenvalue weighted by molar-refractivity contribution is -0.138. The summed E-state index contributed by atoms with van der Waals surface area (Å²) < 4.78 is 0. The lowest BCUT2D eigenvalue weighted by atomic mass is 10.0. The van der Waals surface area contributed by atoms with E-state index in [1.54, 1.807) is 0 Å². The van der Waals surface area contributed by atoms with E-state index in [0.717, 1.165) is 32.2 Å². The third kappa shape index (κ3) is 2.98. The van der Waals surface area contributed by atoms with Gasteiger partial charge in [0.15, 0.2) is 0 Å². The molecule has 0 bridgehead atoms. The van der Waals surface area contributed by atoms with Crippen LogP contribution in [-0.2, 0) is 4.79 Å². The smallest absolute Gasteiger partial charge is 0.225 e. The minimum Gasteiger partial charge on any atom is -0.391 e. The quantitative estimate of drug-likeness (QED) is 0.746. The number of nitrogens with zero attached hydrogens (tertiary/aromatic N) is 1. The van der Waals surface area contributed by atoms with E-state index in [-0.39, 0.29) is 17.9 Å². The van der Waals surface area contributed by atoms with Crippen molar-refractivity contribution in [3.63, 3.8) is 0 Å². The van der Waals surface area contributed by atoms with Gasteiger partial charge in [0.1, 0.15) is 0 Å². The molecule has 0 aromatic carbocycles. The van der Waals surface area contributed by atoms with E-state index in [9.17, 15) is 9.90 Å². The molecule has 1 N–H and O–H groups in total. The number of hydrogen-bond donors (Lipinski definition) is 1. The summed E-state index contributed by atoms with van der Waals surface area (Å²) >= 11 is 0. The van der Waals surface area contributed by atoms with Crippen molar-refractivity contribution < 1.29 is 9.90 Å². The van der Waals surface area contributed by atoms with Crippen LogP contribution >= 0.6 is 0 Å². The first-order chi connectivity index (χ1) is 6.65. The number of β-amino-alcohol motifs (C(OH)–C–C–N with tert-alkyl or cyclic N) is 1. The van der Waals surface area contributed by atoms with Gasteiger partial charge in [-0.05, 0) is 19.3 Å². The molecule has 2 atom stereocenters. The maximum absolute atomic E-state index is 11.8. The molecule has 1 unspecified atom stereocenters. The van der Waals surface area contributed by atoms with Crippen LogP contribution in [0.5, 0.6) is 0 Å². The van der Waals surface area contributed by atoms with Gasteiger partial charge in [0.05, 0.1) is 6.10 Å². The van der Waals surface area contributed by atoms with Crippen molar-refractivity contribution in [3.8, 4) is 0 Å². The van der Waals surface area contributed by atoms with Gasteiger partial charge in [0.2, 0.25) is 5.91 Å². The summed E-state index contributed by atoms with van der Waals surface area (Å²) in [5, 5.41) is 9.45. The van der Waals surface area contributed by atoms with E-state index < -0.39 is 0 Å². The second-order valence-corrected chi connectivity index (χ2v) is 4.27. The van der Waals surface area contributed by atoms with Crippen molar-refractivity contribution in [1.29, 1.82) is 0 Å². The number of carbonyl (C=O) groups excluding carboxylic acids is 1. The Labute approximate surface area is 86.1 Å². The van der Waals surface area contributed by atoms with Crippen LogP contribution in [0.3, 0.4) is 0 Å². The van der Waals surface area contributed by atoms with Crippen molar-refractivity contribution in [3.05, 3.63) is 0 Å². The Morgan fingerprint density at radius 1 is 1.64 bits per heavy atom.